The van der Waals surface area contributed by atoms with Crippen LogP contribution in [0.1, 0.15) is 48.5 Å². The van der Waals surface area contributed by atoms with Crippen molar-refractivity contribution >= 4 is 46.0 Å². The Bertz CT molecular complexity index is 1090. The molecule has 2 aliphatic heterocycles. The molecule has 4 rings (SSSR count). The average Bonchev–Trinajstić information content (AvgIpc) is 3.23. The molecule has 0 radical (unpaired) electrons. The summed E-state index contributed by atoms with van der Waals surface area (Å²) in [6.07, 6.45) is 3.48. The number of likely N-dealkylation sites (tertiary alicyclic amines) is 1. The number of aryl methyl sites for hydroxylation is 1. The van der Waals surface area contributed by atoms with Crippen molar-refractivity contribution in [1.82, 2.24) is 10.3 Å². The lowest BCUT2D eigenvalue weighted by atomic mass is 10.1. The second kappa shape index (κ2) is 11.4. The predicted octanol–water partition coefficient (Wildman–Crippen LogP) is 3.98. The minimum atomic E-state index is -0.487. The van der Waals surface area contributed by atoms with Gasteiger partial charge in [0, 0.05) is 37.3 Å². The van der Waals surface area contributed by atoms with Crippen LogP contribution in [0.15, 0.2) is 53.5 Å². The molecule has 2 aromatic carbocycles. The molecule has 1 fully saturated rings. The molecule has 2 heterocycles. The summed E-state index contributed by atoms with van der Waals surface area (Å²) in [7, 11) is 0. The third kappa shape index (κ3) is 6.42. The van der Waals surface area contributed by atoms with Gasteiger partial charge in [-0.15, -0.1) is 0 Å². The van der Waals surface area contributed by atoms with E-state index in [1.54, 1.807) is 29.3 Å². The number of amides is 3. The van der Waals surface area contributed by atoms with Crippen molar-refractivity contribution in [3.63, 3.8) is 0 Å². The van der Waals surface area contributed by atoms with Gasteiger partial charge in [0.15, 0.2) is 5.17 Å². The fraction of sp³-hybridized carbons (Fsp3) is 0.385. The first kappa shape index (κ1) is 24.8. The average molecular weight is 494 g/mol. The fourth-order valence-electron chi connectivity index (χ4n) is 4.05. The number of hydrazine groups is 1. The molecule has 0 aromatic heterocycles. The number of aliphatic imine (C=N–C) groups is 1. The predicted molar refractivity (Wildman–Crippen MR) is 141 cm³/mol. The summed E-state index contributed by atoms with van der Waals surface area (Å²) in [6.45, 7) is 6.43. The maximum Gasteiger partial charge on any atom is 0.269 e. The molecule has 184 valence electrons. The van der Waals surface area contributed by atoms with Crippen molar-refractivity contribution < 1.29 is 14.4 Å². The maximum atomic E-state index is 12.7. The number of hydrogen-bond donors (Lipinski definition) is 2. The summed E-state index contributed by atoms with van der Waals surface area (Å²) in [6, 6.07) is 14.6. The Hall–Kier alpha value is -3.33. The lowest BCUT2D eigenvalue weighted by molar-refractivity contribution is -0.121. The van der Waals surface area contributed by atoms with Crippen LogP contribution in [0.2, 0.25) is 0 Å². The number of rotatable bonds is 7. The van der Waals surface area contributed by atoms with E-state index < -0.39 is 5.25 Å². The second-order valence-electron chi connectivity index (χ2n) is 8.74. The smallest absolute Gasteiger partial charge is 0.269 e. The molecular formula is C26H31N5O3S. The van der Waals surface area contributed by atoms with Gasteiger partial charge in [-0.1, -0.05) is 29.5 Å². The maximum absolute atomic E-state index is 12.7. The molecule has 3 amide bonds. The quantitative estimate of drug-likeness (QED) is 0.567. The zero-order valence-electron chi connectivity index (χ0n) is 20.1. The molecule has 0 bridgehead atoms. The summed E-state index contributed by atoms with van der Waals surface area (Å²) in [5.41, 5.74) is 6.03. The van der Waals surface area contributed by atoms with Gasteiger partial charge in [0.05, 0.1) is 5.69 Å². The highest BCUT2D eigenvalue weighted by Crippen LogP contribution is 2.29. The highest BCUT2D eigenvalue weighted by Gasteiger charge is 2.33. The highest BCUT2D eigenvalue weighted by molar-refractivity contribution is 8.15. The van der Waals surface area contributed by atoms with Gasteiger partial charge < -0.3 is 10.2 Å². The Morgan fingerprint density at radius 3 is 2.40 bits per heavy atom. The molecule has 2 aromatic rings. The van der Waals surface area contributed by atoms with Crippen molar-refractivity contribution in [2.45, 2.75) is 44.8 Å². The third-order valence-electron chi connectivity index (χ3n) is 6.06. The van der Waals surface area contributed by atoms with Crippen LogP contribution in [0, 0.1) is 6.92 Å². The van der Waals surface area contributed by atoms with E-state index in [1.165, 1.54) is 18.2 Å². The number of thioether (sulfide) groups is 1. The SMILES string of the molecule is CCN(NC(=O)c1ccc(NC(=O)CC2SC(N3CCCCC3)=NC2=O)cc1)c1ccc(C)cc1. The van der Waals surface area contributed by atoms with Crippen LogP contribution < -0.4 is 15.8 Å². The van der Waals surface area contributed by atoms with Gasteiger partial charge in [0.1, 0.15) is 5.25 Å². The molecule has 0 saturated carbocycles. The number of benzene rings is 2. The summed E-state index contributed by atoms with van der Waals surface area (Å²) < 4.78 is 0. The van der Waals surface area contributed by atoms with Crippen LogP contribution in [0.4, 0.5) is 11.4 Å². The van der Waals surface area contributed by atoms with Crippen LogP contribution in [0.5, 0.6) is 0 Å². The van der Waals surface area contributed by atoms with Gasteiger partial charge in [-0.25, -0.2) is 0 Å². The first-order valence-electron chi connectivity index (χ1n) is 12.0. The Balaban J connectivity index is 1.28. The van der Waals surface area contributed by atoms with Gasteiger partial charge in [-0.2, -0.15) is 4.99 Å². The molecule has 0 spiro atoms. The molecule has 1 atom stereocenters. The van der Waals surface area contributed by atoms with Gasteiger partial charge in [-0.05, 0) is 69.5 Å². The van der Waals surface area contributed by atoms with Crippen molar-refractivity contribution in [2.75, 3.05) is 30.0 Å². The van der Waals surface area contributed by atoms with E-state index in [9.17, 15) is 14.4 Å². The van der Waals surface area contributed by atoms with Crippen LogP contribution in [0.3, 0.4) is 0 Å². The van der Waals surface area contributed by atoms with E-state index in [-0.39, 0.29) is 24.1 Å². The Kier molecular flexibility index (Phi) is 8.07. The molecule has 2 N–H and O–H groups in total. The van der Waals surface area contributed by atoms with Crippen LogP contribution >= 0.6 is 11.8 Å². The number of carbonyl (C=O) groups excluding carboxylic acids is 3. The zero-order valence-corrected chi connectivity index (χ0v) is 20.9. The number of anilines is 2. The lowest BCUT2D eigenvalue weighted by Gasteiger charge is -2.27. The summed E-state index contributed by atoms with van der Waals surface area (Å²) in [5.74, 6) is -0.730. The summed E-state index contributed by atoms with van der Waals surface area (Å²) in [4.78, 5) is 43.9. The molecule has 1 saturated heterocycles. The minimum Gasteiger partial charge on any atom is -0.351 e. The number of piperidine rings is 1. The molecule has 8 nitrogen and oxygen atoms in total. The van der Waals surface area contributed by atoms with Crippen molar-refractivity contribution in [1.29, 1.82) is 0 Å². The number of amidine groups is 1. The normalized spacial score (nSPS) is 17.7. The van der Waals surface area contributed by atoms with Crippen LogP contribution in [0.25, 0.3) is 0 Å². The molecule has 9 heteroatoms. The number of carbonyl (C=O) groups is 3. The molecular weight excluding hydrogens is 462 g/mol. The van der Waals surface area contributed by atoms with Crippen molar-refractivity contribution in [3.8, 4) is 0 Å². The third-order valence-corrected chi connectivity index (χ3v) is 7.27. The van der Waals surface area contributed by atoms with Crippen molar-refractivity contribution in [2.24, 2.45) is 4.99 Å². The van der Waals surface area contributed by atoms with Crippen LogP contribution in [-0.2, 0) is 9.59 Å². The fourth-order valence-corrected chi connectivity index (χ4v) is 5.17. The highest BCUT2D eigenvalue weighted by atomic mass is 32.2. The minimum absolute atomic E-state index is 0.0641. The van der Waals surface area contributed by atoms with E-state index in [4.69, 9.17) is 0 Å². The summed E-state index contributed by atoms with van der Waals surface area (Å²) in [5, 5.41) is 4.87. The van der Waals surface area contributed by atoms with Gasteiger partial charge in [0.2, 0.25) is 5.91 Å². The largest absolute Gasteiger partial charge is 0.351 e. The van der Waals surface area contributed by atoms with E-state index in [0.717, 1.165) is 42.3 Å². The molecule has 0 aliphatic carbocycles. The topological polar surface area (TPSA) is 94.1 Å². The standard InChI is InChI=1S/C26H31N5O3S/c1-3-31(21-13-7-18(2)8-14-21)29-24(33)19-9-11-20(12-10-19)27-23(32)17-22-25(34)28-26(35-22)30-15-5-4-6-16-30/h7-14,22H,3-6,15-17H2,1-2H3,(H,27,32)(H,29,33). The Morgan fingerprint density at radius 1 is 1.06 bits per heavy atom. The first-order chi connectivity index (χ1) is 16.9. The molecule has 1 unspecified atom stereocenters. The second-order valence-corrected chi connectivity index (χ2v) is 9.91. The zero-order chi connectivity index (χ0) is 24.8. The number of hydrogen-bond acceptors (Lipinski definition) is 6. The van der Waals surface area contributed by atoms with Gasteiger partial charge in [0.25, 0.3) is 11.8 Å². The summed E-state index contributed by atoms with van der Waals surface area (Å²) >= 11 is 1.39. The van der Waals surface area contributed by atoms with E-state index in [0.29, 0.717) is 17.8 Å². The lowest BCUT2D eigenvalue weighted by Crippen LogP contribution is -2.42. The first-order valence-corrected chi connectivity index (χ1v) is 12.9. The van der Waals surface area contributed by atoms with E-state index >= 15 is 0 Å². The Morgan fingerprint density at radius 2 is 1.74 bits per heavy atom. The van der Waals surface area contributed by atoms with E-state index in [1.807, 2.05) is 38.1 Å². The number of nitrogens with zero attached hydrogens (tertiary/aromatic N) is 3. The van der Waals surface area contributed by atoms with Gasteiger partial charge >= 0.3 is 0 Å². The van der Waals surface area contributed by atoms with Gasteiger partial charge in [-0.3, -0.25) is 24.8 Å². The monoisotopic (exact) mass is 493 g/mol. The Labute approximate surface area is 210 Å². The van der Waals surface area contributed by atoms with E-state index in [2.05, 4.69) is 20.6 Å². The molecule has 2 aliphatic rings. The van der Waals surface area contributed by atoms with Crippen molar-refractivity contribution in [3.05, 3.63) is 59.7 Å². The van der Waals surface area contributed by atoms with Crippen LogP contribution in [-0.4, -0.2) is 52.7 Å². The number of nitrogens with one attached hydrogen (secondary N) is 2. The molecule has 35 heavy (non-hydrogen) atoms.